The molecule has 1 aromatic rings. The van der Waals surface area contributed by atoms with Gasteiger partial charge in [0.2, 0.25) is 0 Å². The number of amides is 1. The Morgan fingerprint density at radius 2 is 1.91 bits per heavy atom. The molecule has 1 aliphatic rings. The third-order valence-electron chi connectivity index (χ3n) is 3.26. The highest BCUT2D eigenvalue weighted by atomic mass is 16.6. The van der Waals surface area contributed by atoms with Gasteiger partial charge < -0.3 is 25.6 Å². The maximum Gasteiger partial charge on any atom is 0.407 e. The number of carbonyl (C=O) groups is 1. The average Bonchev–Trinajstić information content (AvgIpc) is 2.74. The first-order valence-corrected chi connectivity index (χ1v) is 7.59. The van der Waals surface area contributed by atoms with Gasteiger partial charge in [0.1, 0.15) is 17.5 Å². The Hall–Kier alpha value is -2.37. The predicted octanol–water partition coefficient (Wildman–Crippen LogP) is 3.29. The minimum Gasteiger partial charge on any atom is -0.484 e. The van der Waals surface area contributed by atoms with Gasteiger partial charge in [-0.2, -0.15) is 0 Å². The Morgan fingerprint density at radius 1 is 1.26 bits per heavy atom. The Balaban J connectivity index is 1.84. The monoisotopic (exact) mass is 317 g/mol. The van der Waals surface area contributed by atoms with Gasteiger partial charge in [-0.25, -0.2) is 4.79 Å². The van der Waals surface area contributed by atoms with Crippen LogP contribution in [0.1, 0.15) is 39.2 Å². The van der Waals surface area contributed by atoms with Crippen LogP contribution in [0.2, 0.25) is 0 Å². The quantitative estimate of drug-likeness (QED) is 0.795. The summed E-state index contributed by atoms with van der Waals surface area (Å²) in [6.45, 7) is 5.83. The third kappa shape index (κ3) is 5.39. The Bertz CT molecular complexity index is 603. The van der Waals surface area contributed by atoms with Crippen LogP contribution >= 0.6 is 0 Å². The zero-order valence-electron chi connectivity index (χ0n) is 13.7. The van der Waals surface area contributed by atoms with Crippen LogP contribution in [-0.2, 0) is 11.3 Å². The second kappa shape index (κ2) is 6.81. The van der Waals surface area contributed by atoms with E-state index in [2.05, 4.69) is 5.32 Å². The maximum atomic E-state index is 11.6. The van der Waals surface area contributed by atoms with Crippen molar-refractivity contribution in [3.05, 3.63) is 29.8 Å². The van der Waals surface area contributed by atoms with E-state index in [1.165, 1.54) is 0 Å². The predicted molar refractivity (Wildman–Crippen MR) is 88.6 cm³/mol. The van der Waals surface area contributed by atoms with Crippen molar-refractivity contribution in [3.63, 3.8) is 0 Å². The Kier molecular flexibility index (Phi) is 5.03. The third-order valence-corrected chi connectivity index (χ3v) is 3.26. The number of rotatable bonds is 4. The Labute approximate surface area is 136 Å². The van der Waals surface area contributed by atoms with E-state index in [1.807, 2.05) is 32.9 Å². The highest BCUT2D eigenvalue weighted by Crippen LogP contribution is 2.20. The zero-order chi connectivity index (χ0) is 17.0. The van der Waals surface area contributed by atoms with Gasteiger partial charge in [0, 0.05) is 25.1 Å². The van der Waals surface area contributed by atoms with E-state index in [0.29, 0.717) is 36.6 Å². The van der Waals surface area contributed by atoms with Crippen LogP contribution in [0.4, 0.5) is 4.79 Å². The molecule has 0 heterocycles. The van der Waals surface area contributed by atoms with Gasteiger partial charge >= 0.3 is 6.09 Å². The fraction of sp³-hybridized carbons (Fsp3) is 0.471. The van der Waals surface area contributed by atoms with E-state index < -0.39 is 11.7 Å². The number of benzene rings is 1. The summed E-state index contributed by atoms with van der Waals surface area (Å²) in [6.07, 6.45) is 0.118. The van der Waals surface area contributed by atoms with E-state index in [1.54, 1.807) is 12.1 Å². The van der Waals surface area contributed by atoms with Crippen LogP contribution in [0.5, 0.6) is 5.75 Å². The number of carbonyl (C=O) groups excluding carboxylic acids is 1. The molecule has 2 rings (SSSR count). The van der Waals surface area contributed by atoms with Crippen LogP contribution in [0.3, 0.4) is 0 Å². The summed E-state index contributed by atoms with van der Waals surface area (Å²) in [5.41, 5.74) is 1.41. The number of hydrogen-bond acceptors (Lipinski definition) is 5. The summed E-state index contributed by atoms with van der Waals surface area (Å²) in [5, 5.41) is 18.1. The normalized spacial score (nSPS) is 18.0. The second-order valence-electron chi connectivity index (χ2n) is 6.62. The molecular weight excluding hydrogens is 294 g/mol. The summed E-state index contributed by atoms with van der Waals surface area (Å²) in [7, 11) is 0. The minimum atomic E-state index is -0.513. The molecule has 0 aliphatic heterocycles. The van der Waals surface area contributed by atoms with Gasteiger partial charge in [0.05, 0.1) is 5.71 Å². The SMILES string of the molecule is CC(C)(C)OC(=O)NCc1ccc(O[C@@H]2CC(=N)CC2=N)cc1. The molecule has 1 fully saturated rings. The molecule has 0 spiro atoms. The van der Waals surface area contributed by atoms with Gasteiger partial charge in [-0.05, 0) is 38.5 Å². The van der Waals surface area contributed by atoms with Crippen molar-refractivity contribution in [1.82, 2.24) is 5.32 Å². The summed E-state index contributed by atoms with van der Waals surface area (Å²) in [6, 6.07) is 7.33. The van der Waals surface area contributed by atoms with Crippen LogP contribution in [0.15, 0.2) is 24.3 Å². The molecule has 1 aliphatic carbocycles. The lowest BCUT2D eigenvalue weighted by molar-refractivity contribution is 0.0523. The van der Waals surface area contributed by atoms with Crippen LogP contribution in [0, 0.1) is 10.8 Å². The number of alkyl carbamates (subject to hydrolysis) is 1. The lowest BCUT2D eigenvalue weighted by atomic mass is 10.2. The van der Waals surface area contributed by atoms with Gasteiger partial charge in [-0.15, -0.1) is 0 Å². The molecule has 23 heavy (non-hydrogen) atoms. The molecule has 0 saturated heterocycles. The molecule has 0 bridgehead atoms. The number of nitrogens with one attached hydrogen (secondary N) is 3. The fourth-order valence-corrected chi connectivity index (χ4v) is 2.21. The van der Waals surface area contributed by atoms with Crippen molar-refractivity contribution in [2.45, 2.75) is 51.9 Å². The van der Waals surface area contributed by atoms with Crippen LogP contribution in [0.25, 0.3) is 0 Å². The molecule has 1 saturated carbocycles. The molecule has 1 aromatic carbocycles. The van der Waals surface area contributed by atoms with Crippen molar-refractivity contribution in [3.8, 4) is 5.75 Å². The van der Waals surface area contributed by atoms with Crippen LogP contribution in [-0.4, -0.2) is 29.2 Å². The summed E-state index contributed by atoms with van der Waals surface area (Å²) in [4.78, 5) is 11.6. The molecule has 6 heteroatoms. The number of hydrogen-bond donors (Lipinski definition) is 3. The maximum absolute atomic E-state index is 11.6. The minimum absolute atomic E-state index is 0.326. The molecule has 3 N–H and O–H groups in total. The van der Waals surface area contributed by atoms with Gasteiger partial charge in [-0.3, -0.25) is 0 Å². The van der Waals surface area contributed by atoms with E-state index in [4.69, 9.17) is 20.3 Å². The highest BCUT2D eigenvalue weighted by Gasteiger charge is 2.26. The van der Waals surface area contributed by atoms with Gasteiger partial charge in [0.15, 0.2) is 0 Å². The standard InChI is InChI=1S/C17H23N3O3/c1-17(2,3)23-16(21)20-10-11-4-6-13(7-5-11)22-15-9-12(18)8-14(15)19/h4-7,15,18-19H,8-10H2,1-3H3,(H,20,21)/t15-/m1/s1. The fourth-order valence-electron chi connectivity index (χ4n) is 2.21. The first kappa shape index (κ1) is 17.0. The van der Waals surface area contributed by atoms with E-state index in [0.717, 1.165) is 5.56 Å². The molecule has 0 unspecified atom stereocenters. The number of ether oxygens (including phenoxy) is 2. The largest absolute Gasteiger partial charge is 0.484 e. The van der Waals surface area contributed by atoms with Crippen molar-refractivity contribution in [2.75, 3.05) is 0 Å². The zero-order valence-corrected chi connectivity index (χ0v) is 13.7. The van der Waals surface area contributed by atoms with Crippen molar-refractivity contribution in [2.24, 2.45) is 0 Å². The second-order valence-corrected chi connectivity index (χ2v) is 6.62. The summed E-state index contributed by atoms with van der Waals surface area (Å²) >= 11 is 0. The Morgan fingerprint density at radius 3 is 2.43 bits per heavy atom. The van der Waals surface area contributed by atoms with E-state index in [9.17, 15) is 4.79 Å². The first-order valence-electron chi connectivity index (χ1n) is 7.59. The molecule has 0 aromatic heterocycles. The molecular formula is C17H23N3O3. The molecule has 1 atom stereocenters. The highest BCUT2D eigenvalue weighted by molar-refractivity contribution is 6.11. The van der Waals surface area contributed by atoms with Gasteiger partial charge in [0.25, 0.3) is 0 Å². The van der Waals surface area contributed by atoms with Crippen molar-refractivity contribution in [1.29, 1.82) is 10.8 Å². The molecule has 124 valence electrons. The summed E-state index contributed by atoms with van der Waals surface area (Å²) in [5.74, 6) is 0.662. The molecule has 6 nitrogen and oxygen atoms in total. The van der Waals surface area contributed by atoms with Crippen molar-refractivity contribution < 1.29 is 14.3 Å². The lowest BCUT2D eigenvalue weighted by Gasteiger charge is -2.19. The molecule has 0 radical (unpaired) electrons. The topological polar surface area (TPSA) is 95.3 Å². The summed E-state index contributed by atoms with van der Waals surface area (Å²) < 4.78 is 10.9. The van der Waals surface area contributed by atoms with E-state index in [-0.39, 0.29) is 6.10 Å². The van der Waals surface area contributed by atoms with E-state index >= 15 is 0 Å². The average molecular weight is 317 g/mol. The first-order chi connectivity index (χ1) is 10.7. The smallest absolute Gasteiger partial charge is 0.407 e. The van der Waals surface area contributed by atoms with Gasteiger partial charge in [-0.1, -0.05) is 12.1 Å². The molecule has 1 amide bonds. The van der Waals surface area contributed by atoms with Crippen LogP contribution < -0.4 is 10.1 Å². The lowest BCUT2D eigenvalue weighted by Crippen LogP contribution is -2.32. The van der Waals surface area contributed by atoms with Crippen molar-refractivity contribution >= 4 is 17.5 Å².